The van der Waals surface area contributed by atoms with Crippen LogP contribution in [-0.4, -0.2) is 44.6 Å². The Morgan fingerprint density at radius 1 is 1.20 bits per heavy atom. The van der Waals surface area contributed by atoms with Crippen LogP contribution in [0, 0.1) is 0 Å². The first kappa shape index (κ1) is 22.1. The van der Waals surface area contributed by atoms with Crippen molar-refractivity contribution in [1.29, 1.82) is 0 Å². The predicted molar refractivity (Wildman–Crippen MR) is 105 cm³/mol. The summed E-state index contributed by atoms with van der Waals surface area (Å²) in [6.45, 7) is 6.60. The molecule has 2 heterocycles. The van der Waals surface area contributed by atoms with Crippen LogP contribution in [0.15, 0.2) is 24.3 Å². The number of hydrogen-bond donors (Lipinski definition) is 1. The number of nitrogens with zero attached hydrogens (tertiary/aromatic N) is 3. The van der Waals surface area contributed by atoms with Gasteiger partial charge >= 0.3 is 12.3 Å². The summed E-state index contributed by atoms with van der Waals surface area (Å²) in [5.74, 6) is 0. The number of halogens is 3. The largest absolute Gasteiger partial charge is 0.444 e. The average Bonchev–Trinajstić information content (AvgIpc) is 3.02. The zero-order valence-electron chi connectivity index (χ0n) is 17.3. The summed E-state index contributed by atoms with van der Waals surface area (Å²) >= 11 is 0. The molecule has 0 saturated carbocycles. The number of aromatic nitrogens is 2. The number of alkyl halides is 3. The Hall–Kier alpha value is -2.55. The molecular weight excluding hydrogens is 399 g/mol. The lowest BCUT2D eigenvalue weighted by molar-refractivity contribution is -0.137. The second kappa shape index (κ2) is 8.29. The summed E-state index contributed by atoms with van der Waals surface area (Å²) in [5, 5.41) is 13.8. The molecule has 0 saturated heterocycles. The molecule has 3 rings (SSSR count). The van der Waals surface area contributed by atoms with E-state index in [4.69, 9.17) is 9.84 Å². The first-order valence-electron chi connectivity index (χ1n) is 9.84. The average molecular weight is 425 g/mol. The Morgan fingerprint density at radius 3 is 2.43 bits per heavy atom. The summed E-state index contributed by atoms with van der Waals surface area (Å²) < 4.78 is 46.0. The molecule has 1 N–H and O–H groups in total. The molecule has 0 bridgehead atoms. The lowest BCUT2D eigenvalue weighted by Gasteiger charge is -2.30. The summed E-state index contributed by atoms with van der Waals surface area (Å²) in [5.41, 5.74) is 1.47. The smallest absolute Gasteiger partial charge is 0.416 e. The number of amides is 1. The van der Waals surface area contributed by atoms with Crippen LogP contribution < -0.4 is 0 Å². The van der Waals surface area contributed by atoms with Gasteiger partial charge in [-0.1, -0.05) is 12.1 Å². The molecule has 1 aromatic heterocycles. The molecule has 1 amide bonds. The fourth-order valence-corrected chi connectivity index (χ4v) is 3.43. The second-order valence-corrected chi connectivity index (χ2v) is 8.30. The van der Waals surface area contributed by atoms with Crippen molar-refractivity contribution >= 4 is 6.09 Å². The third kappa shape index (κ3) is 4.95. The monoisotopic (exact) mass is 425 g/mol. The van der Waals surface area contributed by atoms with Crippen LogP contribution in [0.1, 0.15) is 44.0 Å². The Kier molecular flexibility index (Phi) is 6.12. The topological polar surface area (TPSA) is 67.6 Å². The highest BCUT2D eigenvalue weighted by Gasteiger charge is 2.32. The molecule has 1 aliphatic rings. The maximum atomic E-state index is 12.9. The molecule has 1 aromatic carbocycles. The highest BCUT2D eigenvalue weighted by atomic mass is 19.4. The summed E-state index contributed by atoms with van der Waals surface area (Å²) in [6, 6.07) is 4.86. The van der Waals surface area contributed by atoms with E-state index in [-0.39, 0.29) is 13.2 Å². The van der Waals surface area contributed by atoms with Gasteiger partial charge in [-0.05, 0) is 39.3 Å². The number of rotatable bonds is 4. The van der Waals surface area contributed by atoms with E-state index in [0.29, 0.717) is 37.2 Å². The van der Waals surface area contributed by atoms with Crippen LogP contribution in [0.5, 0.6) is 0 Å². The van der Waals surface area contributed by atoms with E-state index in [1.165, 1.54) is 12.1 Å². The highest BCUT2D eigenvalue weighted by molar-refractivity contribution is 5.71. The number of aryl methyl sites for hydroxylation is 1. The van der Waals surface area contributed by atoms with Crippen LogP contribution in [0.4, 0.5) is 18.0 Å². The summed E-state index contributed by atoms with van der Waals surface area (Å²) in [7, 11) is 0. The SMILES string of the molecule is CC(C)(C)OC(=O)N1CCc2c(c(-c3ccc(C(F)(F)F)cc3)nn2CCCO)C1. The number of benzene rings is 1. The van der Waals surface area contributed by atoms with Crippen molar-refractivity contribution in [3.63, 3.8) is 0 Å². The van der Waals surface area contributed by atoms with E-state index < -0.39 is 23.4 Å². The van der Waals surface area contributed by atoms with E-state index in [1.807, 2.05) is 0 Å². The fraction of sp³-hybridized carbons (Fsp3) is 0.524. The van der Waals surface area contributed by atoms with Gasteiger partial charge in [-0.2, -0.15) is 18.3 Å². The van der Waals surface area contributed by atoms with Gasteiger partial charge < -0.3 is 14.7 Å². The van der Waals surface area contributed by atoms with Crippen LogP contribution >= 0.6 is 0 Å². The maximum absolute atomic E-state index is 12.9. The summed E-state index contributed by atoms with van der Waals surface area (Å²) in [4.78, 5) is 14.1. The minimum absolute atomic E-state index is 0.00821. The first-order chi connectivity index (χ1) is 14.0. The van der Waals surface area contributed by atoms with Gasteiger partial charge in [-0.15, -0.1) is 0 Å². The molecule has 0 spiro atoms. The van der Waals surface area contributed by atoms with Gasteiger partial charge in [0.15, 0.2) is 0 Å². The van der Waals surface area contributed by atoms with Crippen molar-refractivity contribution < 1.29 is 27.8 Å². The minimum Gasteiger partial charge on any atom is -0.444 e. The molecule has 0 radical (unpaired) electrons. The van der Waals surface area contributed by atoms with Gasteiger partial charge in [0.1, 0.15) is 5.60 Å². The van der Waals surface area contributed by atoms with Gasteiger partial charge in [0, 0.05) is 42.9 Å². The molecule has 2 aromatic rings. The molecular formula is C21H26F3N3O3. The van der Waals surface area contributed by atoms with Crippen molar-refractivity contribution in [3.8, 4) is 11.3 Å². The maximum Gasteiger partial charge on any atom is 0.416 e. The van der Waals surface area contributed by atoms with Crippen molar-refractivity contribution in [2.75, 3.05) is 13.2 Å². The first-order valence-corrected chi connectivity index (χ1v) is 9.84. The Bertz CT molecular complexity index is 899. The normalized spacial score (nSPS) is 14.6. The van der Waals surface area contributed by atoms with Crippen LogP contribution in [-0.2, 0) is 30.4 Å². The molecule has 164 valence electrons. The molecule has 0 fully saturated rings. The molecule has 6 nitrogen and oxygen atoms in total. The van der Waals surface area contributed by atoms with Crippen LogP contribution in [0.2, 0.25) is 0 Å². The van der Waals surface area contributed by atoms with Crippen molar-refractivity contribution in [1.82, 2.24) is 14.7 Å². The molecule has 0 atom stereocenters. The Labute approximate surface area is 173 Å². The predicted octanol–water partition coefficient (Wildman–Crippen LogP) is 4.24. The van der Waals surface area contributed by atoms with E-state index in [2.05, 4.69) is 5.10 Å². The number of fused-ring (bicyclic) bond motifs is 1. The molecule has 0 unspecified atom stereocenters. The standard InChI is InChI=1S/C21H26F3N3O3/c1-20(2,3)30-19(29)26-11-9-17-16(13-26)18(25-27(17)10-4-12-28)14-5-7-15(8-6-14)21(22,23)24/h5-8,28H,4,9-13H2,1-3H3. The zero-order valence-corrected chi connectivity index (χ0v) is 17.3. The minimum atomic E-state index is -4.41. The van der Waals surface area contributed by atoms with Crippen LogP contribution in [0.3, 0.4) is 0 Å². The molecule has 9 heteroatoms. The number of aliphatic hydroxyl groups is 1. The second-order valence-electron chi connectivity index (χ2n) is 8.30. The van der Waals surface area contributed by atoms with Crippen molar-refractivity contribution in [2.24, 2.45) is 0 Å². The third-order valence-electron chi connectivity index (χ3n) is 4.80. The number of hydrogen-bond acceptors (Lipinski definition) is 4. The van der Waals surface area contributed by atoms with Crippen molar-refractivity contribution in [2.45, 2.75) is 58.5 Å². The van der Waals surface area contributed by atoms with Gasteiger partial charge in [-0.25, -0.2) is 4.79 Å². The quantitative estimate of drug-likeness (QED) is 0.796. The lowest BCUT2D eigenvalue weighted by Crippen LogP contribution is -2.40. The van der Waals surface area contributed by atoms with Gasteiger partial charge in [0.25, 0.3) is 0 Å². The van der Waals surface area contributed by atoms with E-state index in [0.717, 1.165) is 23.4 Å². The van der Waals surface area contributed by atoms with Gasteiger partial charge in [-0.3, -0.25) is 4.68 Å². The van der Waals surface area contributed by atoms with E-state index >= 15 is 0 Å². The summed E-state index contributed by atoms with van der Waals surface area (Å²) in [6.07, 6.45) is -3.79. The number of aliphatic hydroxyl groups excluding tert-OH is 1. The van der Waals surface area contributed by atoms with Gasteiger partial charge in [0.2, 0.25) is 0 Å². The van der Waals surface area contributed by atoms with Crippen LogP contribution in [0.25, 0.3) is 11.3 Å². The fourth-order valence-electron chi connectivity index (χ4n) is 3.43. The number of ether oxygens (including phenoxy) is 1. The number of carbonyl (C=O) groups is 1. The molecule has 30 heavy (non-hydrogen) atoms. The molecule has 0 aliphatic carbocycles. The highest BCUT2D eigenvalue weighted by Crippen LogP contribution is 2.34. The van der Waals surface area contributed by atoms with Crippen molar-refractivity contribution in [3.05, 3.63) is 41.1 Å². The third-order valence-corrected chi connectivity index (χ3v) is 4.80. The Morgan fingerprint density at radius 2 is 1.87 bits per heavy atom. The Balaban J connectivity index is 1.95. The molecule has 1 aliphatic heterocycles. The lowest BCUT2D eigenvalue weighted by atomic mass is 10.00. The van der Waals surface area contributed by atoms with E-state index in [1.54, 1.807) is 30.4 Å². The van der Waals surface area contributed by atoms with E-state index in [9.17, 15) is 18.0 Å². The number of carbonyl (C=O) groups excluding carboxylic acids is 1. The van der Waals surface area contributed by atoms with Gasteiger partial charge in [0.05, 0.1) is 17.8 Å². The zero-order chi connectivity index (χ0) is 22.1.